The molecule has 2 N–H and O–H groups in total. The van der Waals surface area contributed by atoms with E-state index in [9.17, 15) is 9.59 Å². The van der Waals surface area contributed by atoms with E-state index in [1.807, 2.05) is 45.0 Å². The van der Waals surface area contributed by atoms with Gasteiger partial charge in [-0.1, -0.05) is 18.2 Å². The smallest absolute Gasteiger partial charge is 0.269 e. The monoisotopic (exact) mass is 426 g/mol. The molecule has 164 valence electrons. The molecule has 3 rings (SSSR count). The third-order valence-electron chi connectivity index (χ3n) is 4.25. The van der Waals surface area contributed by atoms with Crippen molar-refractivity contribution in [1.82, 2.24) is 20.6 Å². The number of nitrogens with zero attached hydrogens (tertiary/aromatic N) is 2. The minimum atomic E-state index is -0.510. The Balaban J connectivity index is 1.69. The van der Waals surface area contributed by atoms with Gasteiger partial charge in [-0.15, -0.1) is 0 Å². The third kappa shape index (κ3) is 5.44. The lowest BCUT2D eigenvalue weighted by molar-refractivity contribution is -0.122. The van der Waals surface area contributed by atoms with Crippen LogP contribution in [0, 0.1) is 0 Å². The molecule has 0 aliphatic rings. The van der Waals surface area contributed by atoms with Crippen LogP contribution in [-0.2, 0) is 11.3 Å². The van der Waals surface area contributed by atoms with Crippen molar-refractivity contribution in [3.05, 3.63) is 48.2 Å². The SMILES string of the molecule is CCOc1cc(C(=O)NNC(=O)Cn2cc3ccccc3n2)cc(OCC)c1OCC. The van der Waals surface area contributed by atoms with Gasteiger partial charge in [0.25, 0.3) is 11.8 Å². The lowest BCUT2D eigenvalue weighted by Gasteiger charge is -2.17. The summed E-state index contributed by atoms with van der Waals surface area (Å²) in [7, 11) is 0. The highest BCUT2D eigenvalue weighted by Crippen LogP contribution is 2.39. The van der Waals surface area contributed by atoms with Crippen molar-refractivity contribution < 1.29 is 23.8 Å². The Kier molecular flexibility index (Phi) is 7.31. The Labute approximate surface area is 180 Å². The third-order valence-corrected chi connectivity index (χ3v) is 4.25. The van der Waals surface area contributed by atoms with Crippen LogP contribution in [0.1, 0.15) is 31.1 Å². The Hall–Kier alpha value is -3.75. The fourth-order valence-electron chi connectivity index (χ4n) is 3.00. The van der Waals surface area contributed by atoms with Crippen LogP contribution in [0.15, 0.2) is 42.6 Å². The number of hydrogen-bond donors (Lipinski definition) is 2. The molecule has 0 bridgehead atoms. The first-order valence-electron chi connectivity index (χ1n) is 10.1. The summed E-state index contributed by atoms with van der Waals surface area (Å²) in [6.07, 6.45) is 1.77. The molecule has 2 amide bonds. The molecule has 0 radical (unpaired) electrons. The molecule has 0 aliphatic heterocycles. The number of amides is 2. The minimum Gasteiger partial charge on any atom is -0.490 e. The van der Waals surface area contributed by atoms with E-state index in [1.165, 1.54) is 4.68 Å². The van der Waals surface area contributed by atoms with Crippen molar-refractivity contribution in [2.75, 3.05) is 19.8 Å². The Morgan fingerprint density at radius 3 is 2.19 bits per heavy atom. The first-order valence-corrected chi connectivity index (χ1v) is 10.1. The Morgan fingerprint density at radius 2 is 1.58 bits per heavy atom. The second-order valence-electron chi connectivity index (χ2n) is 6.49. The molecular weight excluding hydrogens is 400 g/mol. The topological polar surface area (TPSA) is 104 Å². The highest BCUT2D eigenvalue weighted by Gasteiger charge is 2.19. The van der Waals surface area contributed by atoms with Crippen LogP contribution in [0.3, 0.4) is 0 Å². The number of ether oxygens (including phenoxy) is 3. The summed E-state index contributed by atoms with van der Waals surface area (Å²) in [6.45, 7) is 6.70. The number of hydrogen-bond acceptors (Lipinski definition) is 6. The summed E-state index contributed by atoms with van der Waals surface area (Å²) in [4.78, 5) is 24.9. The molecule has 3 aromatic rings. The van der Waals surface area contributed by atoms with Crippen molar-refractivity contribution in [2.45, 2.75) is 27.3 Å². The van der Waals surface area contributed by atoms with E-state index in [1.54, 1.807) is 18.3 Å². The standard InChI is InChI=1S/C22H26N4O5/c1-4-29-18-11-16(12-19(30-5-2)21(18)31-6-3)22(28)24-23-20(27)14-26-13-15-9-7-8-10-17(15)25-26/h7-13H,4-6,14H2,1-3H3,(H,23,27)(H,24,28). The zero-order chi connectivity index (χ0) is 22.2. The van der Waals surface area contributed by atoms with E-state index in [4.69, 9.17) is 14.2 Å². The van der Waals surface area contributed by atoms with Crippen LogP contribution in [0.25, 0.3) is 10.9 Å². The first-order chi connectivity index (χ1) is 15.0. The van der Waals surface area contributed by atoms with E-state index < -0.39 is 11.8 Å². The Morgan fingerprint density at radius 1 is 0.935 bits per heavy atom. The molecule has 9 nitrogen and oxygen atoms in total. The van der Waals surface area contributed by atoms with Crippen LogP contribution in [-0.4, -0.2) is 41.4 Å². The summed E-state index contributed by atoms with van der Waals surface area (Å²) in [6, 6.07) is 10.7. The molecule has 0 spiro atoms. The molecule has 31 heavy (non-hydrogen) atoms. The van der Waals surface area contributed by atoms with E-state index in [0.29, 0.717) is 37.1 Å². The number of fused-ring (bicyclic) bond motifs is 1. The molecular formula is C22H26N4O5. The second-order valence-corrected chi connectivity index (χ2v) is 6.49. The quantitative estimate of drug-likeness (QED) is 0.510. The molecule has 1 aromatic heterocycles. The highest BCUT2D eigenvalue weighted by atomic mass is 16.5. The lowest BCUT2D eigenvalue weighted by atomic mass is 10.1. The van der Waals surface area contributed by atoms with Crippen molar-refractivity contribution in [3.63, 3.8) is 0 Å². The average molecular weight is 426 g/mol. The fraction of sp³-hybridized carbons (Fsp3) is 0.318. The molecule has 0 atom stereocenters. The van der Waals surface area contributed by atoms with Crippen LogP contribution in [0.4, 0.5) is 0 Å². The van der Waals surface area contributed by atoms with Gasteiger partial charge in [-0.05, 0) is 39.0 Å². The summed E-state index contributed by atoms with van der Waals surface area (Å²) >= 11 is 0. The molecule has 1 heterocycles. The second kappa shape index (κ2) is 10.3. The van der Waals surface area contributed by atoms with Crippen molar-refractivity contribution >= 4 is 22.7 Å². The number of carbonyl (C=O) groups excluding carboxylic acids is 2. The number of carbonyl (C=O) groups is 2. The van der Waals surface area contributed by atoms with Gasteiger partial charge in [0.2, 0.25) is 5.75 Å². The predicted molar refractivity (Wildman–Crippen MR) is 115 cm³/mol. The number of aromatic nitrogens is 2. The van der Waals surface area contributed by atoms with E-state index >= 15 is 0 Å². The van der Waals surface area contributed by atoms with E-state index in [-0.39, 0.29) is 12.1 Å². The van der Waals surface area contributed by atoms with Gasteiger partial charge < -0.3 is 14.2 Å². The van der Waals surface area contributed by atoms with Crippen LogP contribution in [0.2, 0.25) is 0 Å². The number of benzene rings is 2. The average Bonchev–Trinajstić information content (AvgIpc) is 3.16. The lowest BCUT2D eigenvalue weighted by Crippen LogP contribution is -2.43. The summed E-state index contributed by atoms with van der Waals surface area (Å²) < 4.78 is 18.4. The van der Waals surface area contributed by atoms with Crippen molar-refractivity contribution in [2.24, 2.45) is 0 Å². The van der Waals surface area contributed by atoms with E-state index in [2.05, 4.69) is 16.0 Å². The summed E-state index contributed by atoms with van der Waals surface area (Å²) in [5.74, 6) is 0.314. The van der Waals surface area contributed by atoms with Gasteiger partial charge in [0, 0.05) is 17.1 Å². The van der Waals surface area contributed by atoms with Crippen LogP contribution >= 0.6 is 0 Å². The van der Waals surface area contributed by atoms with Gasteiger partial charge >= 0.3 is 0 Å². The molecule has 0 unspecified atom stereocenters. The molecule has 0 saturated carbocycles. The largest absolute Gasteiger partial charge is 0.490 e. The summed E-state index contributed by atoms with van der Waals surface area (Å²) in [5, 5.41) is 5.26. The zero-order valence-electron chi connectivity index (χ0n) is 17.8. The van der Waals surface area contributed by atoms with Crippen LogP contribution < -0.4 is 25.1 Å². The molecule has 2 aromatic carbocycles. The molecule has 0 fully saturated rings. The predicted octanol–water partition coefficient (Wildman–Crippen LogP) is 2.69. The van der Waals surface area contributed by atoms with Crippen LogP contribution in [0.5, 0.6) is 17.2 Å². The fourth-order valence-corrected chi connectivity index (χ4v) is 3.00. The number of nitrogens with one attached hydrogen (secondary N) is 2. The maximum absolute atomic E-state index is 12.6. The Bertz CT molecular complexity index is 1000. The van der Waals surface area contributed by atoms with Crippen molar-refractivity contribution in [3.8, 4) is 17.2 Å². The van der Waals surface area contributed by atoms with Gasteiger partial charge in [0.15, 0.2) is 11.5 Å². The molecule has 9 heteroatoms. The number of hydrazine groups is 1. The van der Waals surface area contributed by atoms with Gasteiger partial charge in [0.05, 0.1) is 25.3 Å². The summed E-state index contributed by atoms with van der Waals surface area (Å²) in [5.41, 5.74) is 5.87. The van der Waals surface area contributed by atoms with Gasteiger partial charge in [-0.25, -0.2) is 0 Å². The highest BCUT2D eigenvalue weighted by molar-refractivity contribution is 5.96. The first kappa shape index (κ1) is 21.9. The maximum atomic E-state index is 12.6. The number of rotatable bonds is 9. The van der Waals surface area contributed by atoms with Crippen molar-refractivity contribution in [1.29, 1.82) is 0 Å². The normalized spacial score (nSPS) is 10.5. The van der Waals surface area contributed by atoms with E-state index in [0.717, 1.165) is 10.9 Å². The van der Waals surface area contributed by atoms with Gasteiger partial charge in [-0.2, -0.15) is 5.10 Å². The maximum Gasteiger partial charge on any atom is 0.269 e. The van der Waals surface area contributed by atoms with Gasteiger partial charge in [0.1, 0.15) is 6.54 Å². The molecule has 0 saturated heterocycles. The zero-order valence-corrected chi connectivity index (χ0v) is 17.8. The minimum absolute atomic E-state index is 0.0351. The molecule has 0 aliphatic carbocycles. The van der Waals surface area contributed by atoms with Gasteiger partial charge in [-0.3, -0.25) is 25.1 Å².